The summed E-state index contributed by atoms with van der Waals surface area (Å²) in [6.07, 6.45) is 1.83. The predicted molar refractivity (Wildman–Crippen MR) is 119 cm³/mol. The van der Waals surface area contributed by atoms with Crippen molar-refractivity contribution in [3.05, 3.63) is 40.3 Å². The van der Waals surface area contributed by atoms with E-state index in [-0.39, 0.29) is 24.0 Å². The lowest BCUT2D eigenvalue weighted by Gasteiger charge is -2.12. The second kappa shape index (κ2) is 12.9. The lowest BCUT2D eigenvalue weighted by molar-refractivity contribution is 0.172. The lowest BCUT2D eigenvalue weighted by Crippen LogP contribution is -2.30. The first-order chi connectivity index (χ1) is 12.2. The Hall–Kier alpha value is -1.39. The molecular formula is C18H27IN4O2S. The molecule has 0 aliphatic heterocycles. The molecule has 0 aliphatic carbocycles. The molecule has 0 radical (unpaired) electrons. The Balaban J connectivity index is 0.00000338. The highest BCUT2D eigenvalue weighted by atomic mass is 127. The normalized spacial score (nSPS) is 11.0. The molecule has 2 aromatic rings. The Kier molecular flexibility index (Phi) is 11.2. The van der Waals surface area contributed by atoms with Crippen molar-refractivity contribution in [3.8, 4) is 5.75 Å². The number of aromatic nitrogens is 1. The third kappa shape index (κ3) is 7.88. The third-order valence-corrected chi connectivity index (χ3v) is 4.46. The highest BCUT2D eigenvalue weighted by Gasteiger charge is 2.04. The maximum atomic E-state index is 5.72. The number of rotatable bonds is 9. The summed E-state index contributed by atoms with van der Waals surface area (Å²) >= 11 is 1.69. The van der Waals surface area contributed by atoms with E-state index < -0.39 is 0 Å². The van der Waals surface area contributed by atoms with Crippen LogP contribution in [0.3, 0.4) is 0 Å². The Morgan fingerprint density at radius 1 is 1.31 bits per heavy atom. The zero-order valence-corrected chi connectivity index (χ0v) is 18.6. The van der Waals surface area contributed by atoms with Gasteiger partial charge in [-0.15, -0.1) is 35.3 Å². The van der Waals surface area contributed by atoms with Crippen molar-refractivity contribution >= 4 is 47.0 Å². The fourth-order valence-corrected chi connectivity index (χ4v) is 2.88. The van der Waals surface area contributed by atoms with E-state index in [1.54, 1.807) is 25.5 Å². The summed E-state index contributed by atoms with van der Waals surface area (Å²) in [5.41, 5.74) is 1.95. The van der Waals surface area contributed by atoms with E-state index in [9.17, 15) is 0 Å². The second-order valence-corrected chi connectivity index (χ2v) is 6.30. The Morgan fingerprint density at radius 3 is 2.85 bits per heavy atom. The molecule has 2 rings (SSSR count). The number of hydrogen-bond donors (Lipinski definition) is 2. The summed E-state index contributed by atoms with van der Waals surface area (Å²) in [4.78, 5) is 8.80. The van der Waals surface area contributed by atoms with Gasteiger partial charge in [-0.1, -0.05) is 13.0 Å². The van der Waals surface area contributed by atoms with Crippen molar-refractivity contribution in [2.24, 2.45) is 4.99 Å². The summed E-state index contributed by atoms with van der Waals surface area (Å²) in [6.45, 7) is 4.09. The number of benzene rings is 1. The maximum absolute atomic E-state index is 5.72. The lowest BCUT2D eigenvalue weighted by atomic mass is 10.3. The van der Waals surface area contributed by atoms with Crippen LogP contribution in [0.5, 0.6) is 5.75 Å². The van der Waals surface area contributed by atoms with Crippen molar-refractivity contribution in [1.29, 1.82) is 0 Å². The molecule has 0 bridgehead atoms. The highest BCUT2D eigenvalue weighted by molar-refractivity contribution is 14.0. The number of halogens is 1. The molecule has 0 fully saturated rings. The van der Waals surface area contributed by atoms with Crippen LogP contribution >= 0.6 is 35.3 Å². The monoisotopic (exact) mass is 490 g/mol. The van der Waals surface area contributed by atoms with Gasteiger partial charge in [0, 0.05) is 44.3 Å². The molecule has 0 saturated carbocycles. The topological polar surface area (TPSA) is 67.8 Å². The van der Waals surface area contributed by atoms with E-state index in [4.69, 9.17) is 9.47 Å². The number of ether oxygens (including phenoxy) is 2. The average Bonchev–Trinajstić information content (AvgIpc) is 3.11. The number of aliphatic imine (C=N–C) groups is 1. The van der Waals surface area contributed by atoms with Crippen LogP contribution in [0.4, 0.5) is 5.69 Å². The summed E-state index contributed by atoms with van der Waals surface area (Å²) in [5.74, 6) is 1.52. The predicted octanol–water partition coefficient (Wildman–Crippen LogP) is 3.93. The standard InChI is InChI=1S/C18H26N4O2S.HI/c1-4-17-21-15(13-25-17)12-20-18(19-2)22-14-7-5-8-16(11-14)24-10-6-9-23-3;/h5,7-8,11,13H,4,6,9-10,12H2,1-3H3,(H2,19,20,22);1H. The Morgan fingerprint density at radius 2 is 2.15 bits per heavy atom. The molecule has 26 heavy (non-hydrogen) atoms. The molecule has 144 valence electrons. The number of nitrogens with one attached hydrogen (secondary N) is 2. The molecule has 2 N–H and O–H groups in total. The fourth-order valence-electron chi connectivity index (χ4n) is 2.14. The van der Waals surface area contributed by atoms with Gasteiger partial charge in [0.15, 0.2) is 5.96 Å². The number of aryl methyl sites for hydroxylation is 1. The number of hydrogen-bond acceptors (Lipinski definition) is 5. The molecular weight excluding hydrogens is 463 g/mol. The molecule has 0 saturated heterocycles. The molecule has 1 aromatic heterocycles. The molecule has 0 amide bonds. The van der Waals surface area contributed by atoms with Crippen LogP contribution in [0.1, 0.15) is 24.0 Å². The minimum Gasteiger partial charge on any atom is -0.493 e. The molecule has 0 atom stereocenters. The first-order valence-corrected chi connectivity index (χ1v) is 9.26. The van der Waals surface area contributed by atoms with E-state index in [2.05, 4.69) is 32.9 Å². The first-order valence-electron chi connectivity index (χ1n) is 8.38. The zero-order valence-electron chi connectivity index (χ0n) is 15.4. The van der Waals surface area contributed by atoms with Gasteiger partial charge in [0.1, 0.15) is 5.75 Å². The largest absolute Gasteiger partial charge is 0.493 e. The number of methoxy groups -OCH3 is 1. The van der Waals surface area contributed by atoms with Crippen molar-refractivity contribution in [2.75, 3.05) is 32.7 Å². The van der Waals surface area contributed by atoms with E-state index in [1.807, 2.05) is 24.3 Å². The van der Waals surface area contributed by atoms with Gasteiger partial charge >= 0.3 is 0 Å². The minimum absolute atomic E-state index is 0. The van der Waals surface area contributed by atoms with Gasteiger partial charge in [-0.2, -0.15) is 0 Å². The first kappa shape index (κ1) is 22.7. The van der Waals surface area contributed by atoms with Crippen LogP contribution in [-0.2, 0) is 17.7 Å². The van der Waals surface area contributed by atoms with Crippen LogP contribution in [0.15, 0.2) is 34.6 Å². The summed E-state index contributed by atoms with van der Waals surface area (Å²) in [6, 6.07) is 7.83. The SMILES string of the molecule is CCc1nc(CNC(=NC)Nc2cccc(OCCCOC)c2)cs1.I. The van der Waals surface area contributed by atoms with Crippen LogP contribution in [-0.4, -0.2) is 38.3 Å². The van der Waals surface area contributed by atoms with Crippen molar-refractivity contribution in [1.82, 2.24) is 10.3 Å². The van der Waals surface area contributed by atoms with E-state index >= 15 is 0 Å². The number of guanidine groups is 1. The van der Waals surface area contributed by atoms with Crippen molar-refractivity contribution in [2.45, 2.75) is 26.3 Å². The quantitative estimate of drug-likeness (QED) is 0.241. The van der Waals surface area contributed by atoms with Crippen molar-refractivity contribution in [3.63, 3.8) is 0 Å². The van der Waals surface area contributed by atoms with Gasteiger partial charge in [-0.25, -0.2) is 4.98 Å². The summed E-state index contributed by atoms with van der Waals surface area (Å²) < 4.78 is 10.7. The fraction of sp³-hybridized carbons (Fsp3) is 0.444. The molecule has 0 spiro atoms. The maximum Gasteiger partial charge on any atom is 0.195 e. The van der Waals surface area contributed by atoms with Gasteiger partial charge < -0.3 is 20.1 Å². The second-order valence-electron chi connectivity index (χ2n) is 5.36. The van der Waals surface area contributed by atoms with Gasteiger partial charge in [0.2, 0.25) is 0 Å². The summed E-state index contributed by atoms with van der Waals surface area (Å²) in [5, 5.41) is 9.78. The van der Waals surface area contributed by atoms with Crippen LogP contribution in [0.25, 0.3) is 0 Å². The minimum atomic E-state index is 0. The van der Waals surface area contributed by atoms with Crippen molar-refractivity contribution < 1.29 is 9.47 Å². The van der Waals surface area contributed by atoms with Gasteiger partial charge in [0.05, 0.1) is 23.9 Å². The Bertz CT molecular complexity index is 679. The van der Waals surface area contributed by atoms with Crippen LogP contribution < -0.4 is 15.4 Å². The van der Waals surface area contributed by atoms with E-state index in [0.29, 0.717) is 25.7 Å². The Labute approximate surface area is 176 Å². The van der Waals surface area contributed by atoms with Gasteiger partial charge in [-0.05, 0) is 18.6 Å². The van der Waals surface area contributed by atoms with Crippen LogP contribution in [0, 0.1) is 0 Å². The molecule has 6 nitrogen and oxygen atoms in total. The molecule has 1 heterocycles. The van der Waals surface area contributed by atoms with Gasteiger partial charge in [-0.3, -0.25) is 4.99 Å². The molecule has 1 aromatic carbocycles. The molecule has 0 unspecified atom stereocenters. The van der Waals surface area contributed by atoms with Crippen LogP contribution in [0.2, 0.25) is 0 Å². The van der Waals surface area contributed by atoms with E-state index in [0.717, 1.165) is 35.0 Å². The van der Waals surface area contributed by atoms with Gasteiger partial charge in [0.25, 0.3) is 0 Å². The highest BCUT2D eigenvalue weighted by Crippen LogP contribution is 2.17. The number of nitrogens with zero attached hydrogens (tertiary/aromatic N) is 2. The average molecular weight is 490 g/mol. The summed E-state index contributed by atoms with van der Waals surface area (Å²) in [7, 11) is 3.44. The number of thiazole rings is 1. The van der Waals surface area contributed by atoms with E-state index in [1.165, 1.54) is 0 Å². The molecule has 8 heteroatoms. The number of anilines is 1. The zero-order chi connectivity index (χ0) is 17.9. The molecule has 0 aliphatic rings. The smallest absolute Gasteiger partial charge is 0.195 e. The third-order valence-electron chi connectivity index (χ3n) is 3.42.